The fourth-order valence-corrected chi connectivity index (χ4v) is 2.95. The molecule has 120 valence electrons. The van der Waals surface area contributed by atoms with Crippen LogP contribution in [-0.2, 0) is 17.4 Å². The fraction of sp³-hybridized carbons (Fsp3) is 0.235. The van der Waals surface area contributed by atoms with Gasteiger partial charge in [-0.25, -0.2) is 0 Å². The van der Waals surface area contributed by atoms with Gasteiger partial charge in [-0.15, -0.1) is 0 Å². The number of primary amides is 1. The van der Waals surface area contributed by atoms with E-state index in [1.807, 2.05) is 24.3 Å². The van der Waals surface area contributed by atoms with Crippen molar-refractivity contribution in [1.82, 2.24) is 0 Å². The van der Waals surface area contributed by atoms with Crippen LogP contribution >= 0.6 is 0 Å². The van der Waals surface area contributed by atoms with Crippen molar-refractivity contribution in [2.24, 2.45) is 5.73 Å². The molecule has 0 fully saturated rings. The Morgan fingerprint density at radius 1 is 1.09 bits per heavy atom. The summed E-state index contributed by atoms with van der Waals surface area (Å²) in [5.74, 6) is -0.487. The molecule has 1 atom stereocenters. The molecule has 1 amide bonds. The van der Waals surface area contributed by atoms with Gasteiger partial charge in [-0.2, -0.15) is 13.2 Å². The first-order valence-corrected chi connectivity index (χ1v) is 7.21. The van der Waals surface area contributed by atoms with Gasteiger partial charge in [0.2, 0.25) is 5.91 Å². The molecule has 3 rings (SSSR count). The summed E-state index contributed by atoms with van der Waals surface area (Å²) in [6, 6.07) is 11.7. The highest BCUT2D eigenvalue weighted by Gasteiger charge is 2.33. The number of hydrogen-bond donors (Lipinski definition) is 1. The molecule has 0 saturated heterocycles. The van der Waals surface area contributed by atoms with Crippen LogP contribution in [0.25, 0.3) is 0 Å². The van der Waals surface area contributed by atoms with Crippen molar-refractivity contribution in [2.45, 2.75) is 25.1 Å². The second kappa shape index (κ2) is 5.61. The van der Waals surface area contributed by atoms with Crippen molar-refractivity contribution < 1.29 is 18.0 Å². The summed E-state index contributed by atoms with van der Waals surface area (Å²) in [5.41, 5.74) is 7.15. The Balaban J connectivity index is 2.05. The zero-order chi connectivity index (χ0) is 16.6. The Kier molecular flexibility index (Phi) is 3.75. The van der Waals surface area contributed by atoms with Gasteiger partial charge in [0.05, 0.1) is 5.56 Å². The van der Waals surface area contributed by atoms with Crippen molar-refractivity contribution in [2.75, 3.05) is 4.90 Å². The minimum Gasteiger partial charge on any atom is -0.368 e. The Morgan fingerprint density at radius 2 is 1.74 bits per heavy atom. The number of carbonyl (C=O) groups excluding carboxylic acids is 1. The van der Waals surface area contributed by atoms with Gasteiger partial charge in [0.1, 0.15) is 6.04 Å². The maximum absolute atomic E-state index is 12.7. The molecule has 1 heterocycles. The second-order valence-corrected chi connectivity index (χ2v) is 5.50. The lowest BCUT2D eigenvalue weighted by molar-refractivity contribution is -0.137. The van der Waals surface area contributed by atoms with Crippen LogP contribution in [0.1, 0.15) is 17.5 Å². The number of halogens is 3. The van der Waals surface area contributed by atoms with Crippen LogP contribution in [0.2, 0.25) is 0 Å². The number of aryl methyl sites for hydroxylation is 1. The largest absolute Gasteiger partial charge is 0.416 e. The molecule has 0 bridgehead atoms. The van der Waals surface area contributed by atoms with Gasteiger partial charge in [-0.3, -0.25) is 4.79 Å². The van der Waals surface area contributed by atoms with Gasteiger partial charge in [0.15, 0.2) is 0 Å². The molecule has 2 aromatic rings. The highest BCUT2D eigenvalue weighted by Crippen LogP contribution is 2.38. The van der Waals surface area contributed by atoms with E-state index in [4.69, 9.17) is 5.73 Å². The number of carbonyl (C=O) groups is 1. The van der Waals surface area contributed by atoms with Gasteiger partial charge < -0.3 is 10.6 Å². The molecule has 1 unspecified atom stereocenters. The Labute approximate surface area is 131 Å². The summed E-state index contributed by atoms with van der Waals surface area (Å²) in [6.07, 6.45) is -3.14. The van der Waals surface area contributed by atoms with Crippen LogP contribution in [0.5, 0.6) is 0 Å². The zero-order valence-electron chi connectivity index (χ0n) is 12.2. The molecule has 1 aliphatic heterocycles. The molecule has 0 radical (unpaired) electrons. The smallest absolute Gasteiger partial charge is 0.368 e. The molecule has 0 aromatic heterocycles. The number of anilines is 2. The molecule has 6 heteroatoms. The number of fused-ring (bicyclic) bond motifs is 1. The number of nitrogens with zero attached hydrogens (tertiary/aromatic N) is 1. The SMILES string of the molecule is NC(=O)C1CCc2ccccc2N1c1ccc(C(F)(F)F)cc1. The zero-order valence-corrected chi connectivity index (χ0v) is 12.2. The van der Waals surface area contributed by atoms with Gasteiger partial charge in [-0.05, 0) is 48.7 Å². The predicted octanol–water partition coefficient (Wildman–Crippen LogP) is 3.64. The van der Waals surface area contributed by atoms with Gasteiger partial charge in [-0.1, -0.05) is 18.2 Å². The Hall–Kier alpha value is -2.50. The molecule has 2 N–H and O–H groups in total. The summed E-state index contributed by atoms with van der Waals surface area (Å²) in [4.78, 5) is 13.5. The molecular formula is C17H15F3N2O. The third-order valence-electron chi connectivity index (χ3n) is 4.05. The predicted molar refractivity (Wildman–Crippen MR) is 81.3 cm³/mol. The molecule has 3 nitrogen and oxygen atoms in total. The highest BCUT2D eigenvalue weighted by atomic mass is 19.4. The third-order valence-corrected chi connectivity index (χ3v) is 4.05. The van der Waals surface area contributed by atoms with Crippen LogP contribution in [0, 0.1) is 0 Å². The third kappa shape index (κ3) is 2.88. The summed E-state index contributed by atoms with van der Waals surface area (Å²) in [7, 11) is 0. The van der Waals surface area contributed by atoms with Crippen molar-refractivity contribution in [3.8, 4) is 0 Å². The summed E-state index contributed by atoms with van der Waals surface area (Å²) < 4.78 is 38.2. The number of benzene rings is 2. The quantitative estimate of drug-likeness (QED) is 0.918. The maximum atomic E-state index is 12.7. The topological polar surface area (TPSA) is 46.3 Å². The summed E-state index contributed by atoms with van der Waals surface area (Å²) in [6.45, 7) is 0. The number of hydrogen-bond acceptors (Lipinski definition) is 2. The van der Waals surface area contributed by atoms with Crippen LogP contribution < -0.4 is 10.6 Å². The Morgan fingerprint density at radius 3 is 2.35 bits per heavy atom. The normalized spacial score (nSPS) is 17.7. The number of nitrogens with two attached hydrogens (primary N) is 1. The van der Waals surface area contributed by atoms with Crippen molar-refractivity contribution in [3.63, 3.8) is 0 Å². The van der Waals surface area contributed by atoms with E-state index in [1.54, 1.807) is 4.90 Å². The van der Waals surface area contributed by atoms with Crippen molar-refractivity contribution >= 4 is 17.3 Å². The number of alkyl halides is 3. The van der Waals surface area contributed by atoms with Gasteiger partial charge >= 0.3 is 6.18 Å². The lowest BCUT2D eigenvalue weighted by Gasteiger charge is -2.37. The minimum absolute atomic E-state index is 0.487. The van der Waals surface area contributed by atoms with Crippen molar-refractivity contribution in [3.05, 3.63) is 59.7 Å². The van der Waals surface area contributed by atoms with E-state index in [0.29, 0.717) is 18.5 Å². The van der Waals surface area contributed by atoms with Crippen LogP contribution in [-0.4, -0.2) is 11.9 Å². The van der Waals surface area contributed by atoms with E-state index in [1.165, 1.54) is 12.1 Å². The van der Waals surface area contributed by atoms with Gasteiger partial charge in [0.25, 0.3) is 0 Å². The number of amides is 1. The number of para-hydroxylation sites is 1. The molecule has 23 heavy (non-hydrogen) atoms. The molecule has 0 saturated carbocycles. The molecular weight excluding hydrogens is 305 g/mol. The highest BCUT2D eigenvalue weighted by molar-refractivity contribution is 5.88. The second-order valence-electron chi connectivity index (χ2n) is 5.50. The van der Waals surface area contributed by atoms with E-state index in [2.05, 4.69) is 0 Å². The molecule has 0 aliphatic carbocycles. The van der Waals surface area contributed by atoms with Crippen LogP contribution in [0.15, 0.2) is 48.5 Å². The molecule has 0 spiro atoms. The average Bonchev–Trinajstić information content (AvgIpc) is 2.53. The molecule has 1 aliphatic rings. The van der Waals surface area contributed by atoms with E-state index in [9.17, 15) is 18.0 Å². The first-order valence-electron chi connectivity index (χ1n) is 7.21. The summed E-state index contributed by atoms with van der Waals surface area (Å²) in [5, 5.41) is 0. The summed E-state index contributed by atoms with van der Waals surface area (Å²) >= 11 is 0. The average molecular weight is 320 g/mol. The first kappa shape index (κ1) is 15.4. The fourth-order valence-electron chi connectivity index (χ4n) is 2.95. The van der Waals surface area contributed by atoms with E-state index in [0.717, 1.165) is 23.4 Å². The minimum atomic E-state index is -4.39. The lowest BCUT2D eigenvalue weighted by atomic mass is 9.94. The maximum Gasteiger partial charge on any atom is 0.416 e. The van der Waals surface area contributed by atoms with Crippen LogP contribution in [0.3, 0.4) is 0 Å². The van der Waals surface area contributed by atoms with Gasteiger partial charge in [0, 0.05) is 11.4 Å². The number of rotatable bonds is 2. The lowest BCUT2D eigenvalue weighted by Crippen LogP contribution is -2.45. The monoisotopic (exact) mass is 320 g/mol. The Bertz CT molecular complexity index is 725. The van der Waals surface area contributed by atoms with Crippen molar-refractivity contribution in [1.29, 1.82) is 0 Å². The van der Waals surface area contributed by atoms with E-state index in [-0.39, 0.29) is 0 Å². The first-order chi connectivity index (χ1) is 10.9. The van der Waals surface area contributed by atoms with E-state index < -0.39 is 23.7 Å². The molecule has 2 aromatic carbocycles. The van der Waals surface area contributed by atoms with Crippen LogP contribution in [0.4, 0.5) is 24.5 Å². The standard InChI is InChI=1S/C17H15F3N2O/c18-17(19,20)12-6-8-13(9-7-12)22-14-4-2-1-3-11(14)5-10-15(22)16(21)23/h1-4,6-9,15H,5,10H2,(H2,21,23). The van der Waals surface area contributed by atoms with E-state index >= 15 is 0 Å².